The van der Waals surface area contributed by atoms with Crippen molar-refractivity contribution < 1.29 is 4.74 Å². The maximum atomic E-state index is 5.93. The minimum Gasteiger partial charge on any atom is -0.439 e. The first-order valence-corrected chi connectivity index (χ1v) is 6.28. The number of ether oxygens (including phenoxy) is 1. The summed E-state index contributed by atoms with van der Waals surface area (Å²) in [6.45, 7) is 3.99. The third-order valence-electron chi connectivity index (χ3n) is 2.22. The van der Waals surface area contributed by atoms with Crippen LogP contribution in [0.1, 0.15) is 25.6 Å². The van der Waals surface area contributed by atoms with Gasteiger partial charge in [-0.2, -0.15) is 4.98 Å². The molecule has 5 heteroatoms. The number of rotatable bonds is 3. The Morgan fingerprint density at radius 1 is 1.11 bits per heavy atom. The lowest BCUT2D eigenvalue weighted by Crippen LogP contribution is -1.99. The van der Waals surface area contributed by atoms with Crippen LogP contribution in [0, 0.1) is 0 Å². The van der Waals surface area contributed by atoms with E-state index >= 15 is 0 Å². The first-order chi connectivity index (χ1) is 8.54. The summed E-state index contributed by atoms with van der Waals surface area (Å²) in [5.41, 5.74) is 0. The molecule has 1 aromatic heterocycles. The molecule has 1 heterocycles. The molecule has 94 valence electrons. The van der Waals surface area contributed by atoms with Gasteiger partial charge in [0.1, 0.15) is 16.7 Å². The molecule has 1 aromatic carbocycles. The monoisotopic (exact) mass is 282 g/mol. The van der Waals surface area contributed by atoms with Gasteiger partial charge in [-0.25, -0.2) is 4.98 Å². The van der Waals surface area contributed by atoms with Crippen molar-refractivity contribution in [1.29, 1.82) is 0 Å². The third-order valence-corrected chi connectivity index (χ3v) is 2.65. The minimum absolute atomic E-state index is 0.186. The zero-order valence-corrected chi connectivity index (χ0v) is 11.5. The van der Waals surface area contributed by atoms with Crippen LogP contribution in [0.2, 0.25) is 10.2 Å². The van der Waals surface area contributed by atoms with Gasteiger partial charge < -0.3 is 4.74 Å². The molecule has 0 spiro atoms. The highest BCUT2D eigenvalue weighted by Crippen LogP contribution is 2.25. The largest absolute Gasteiger partial charge is 0.439 e. The van der Waals surface area contributed by atoms with Crippen molar-refractivity contribution in [3.8, 4) is 11.6 Å². The van der Waals surface area contributed by atoms with E-state index in [0.29, 0.717) is 27.6 Å². The Balaban J connectivity index is 2.29. The molecule has 2 aromatic rings. The highest BCUT2D eigenvalue weighted by atomic mass is 35.5. The minimum atomic E-state index is 0.186. The standard InChI is InChI=1S/C13H12Cl2N2O/c1-8(2)13-16-11(15)7-12(17-13)18-10-5-3-4-9(14)6-10/h3-8H,1-2H3. The summed E-state index contributed by atoms with van der Waals surface area (Å²) < 4.78 is 5.61. The molecule has 3 nitrogen and oxygen atoms in total. The van der Waals surface area contributed by atoms with Gasteiger partial charge in [0.15, 0.2) is 0 Å². The number of halogens is 2. The second-order valence-electron chi connectivity index (χ2n) is 4.10. The predicted octanol–water partition coefficient (Wildman–Crippen LogP) is 4.70. The van der Waals surface area contributed by atoms with E-state index in [0.717, 1.165) is 0 Å². The van der Waals surface area contributed by atoms with Gasteiger partial charge in [0.2, 0.25) is 5.88 Å². The van der Waals surface area contributed by atoms with Crippen LogP contribution >= 0.6 is 23.2 Å². The van der Waals surface area contributed by atoms with Gasteiger partial charge in [-0.3, -0.25) is 0 Å². The summed E-state index contributed by atoms with van der Waals surface area (Å²) in [4.78, 5) is 8.44. The molecule has 0 aliphatic heterocycles. The van der Waals surface area contributed by atoms with Gasteiger partial charge in [-0.05, 0) is 18.2 Å². The highest BCUT2D eigenvalue weighted by molar-refractivity contribution is 6.30. The summed E-state index contributed by atoms with van der Waals surface area (Å²) in [7, 11) is 0. The zero-order valence-electron chi connectivity index (χ0n) is 10.0. The molecule has 0 saturated heterocycles. The Labute approximate surface area is 116 Å². The molecule has 18 heavy (non-hydrogen) atoms. The van der Waals surface area contributed by atoms with Gasteiger partial charge in [-0.15, -0.1) is 0 Å². The summed E-state index contributed by atoms with van der Waals surface area (Å²) in [5, 5.41) is 0.975. The van der Waals surface area contributed by atoms with Crippen molar-refractivity contribution in [3.63, 3.8) is 0 Å². The van der Waals surface area contributed by atoms with Crippen LogP contribution in [-0.2, 0) is 0 Å². The van der Waals surface area contributed by atoms with Crippen LogP contribution in [0.5, 0.6) is 11.6 Å². The predicted molar refractivity (Wildman–Crippen MR) is 72.7 cm³/mol. The quantitative estimate of drug-likeness (QED) is 0.766. The first kappa shape index (κ1) is 13.1. The summed E-state index contributed by atoms with van der Waals surface area (Å²) in [6.07, 6.45) is 0. The van der Waals surface area contributed by atoms with Crippen LogP contribution in [0.3, 0.4) is 0 Å². The third kappa shape index (κ3) is 3.34. The normalized spacial score (nSPS) is 10.7. The molecule has 2 rings (SSSR count). The van der Waals surface area contributed by atoms with E-state index in [4.69, 9.17) is 27.9 Å². The van der Waals surface area contributed by atoms with E-state index < -0.39 is 0 Å². The van der Waals surface area contributed by atoms with E-state index in [-0.39, 0.29) is 5.92 Å². The van der Waals surface area contributed by atoms with Crippen LogP contribution in [0.25, 0.3) is 0 Å². The average Bonchev–Trinajstić information content (AvgIpc) is 2.28. The smallest absolute Gasteiger partial charge is 0.224 e. The van der Waals surface area contributed by atoms with Crippen molar-refractivity contribution in [2.24, 2.45) is 0 Å². The van der Waals surface area contributed by atoms with E-state index in [9.17, 15) is 0 Å². The molecule has 0 saturated carbocycles. The van der Waals surface area contributed by atoms with E-state index in [2.05, 4.69) is 9.97 Å². The SMILES string of the molecule is CC(C)c1nc(Cl)cc(Oc2cccc(Cl)c2)n1. The Morgan fingerprint density at radius 3 is 2.56 bits per heavy atom. The van der Waals surface area contributed by atoms with Crippen molar-refractivity contribution >= 4 is 23.2 Å². The maximum absolute atomic E-state index is 5.93. The Morgan fingerprint density at radius 2 is 1.89 bits per heavy atom. The second kappa shape index (κ2) is 5.55. The zero-order chi connectivity index (χ0) is 13.1. The highest BCUT2D eigenvalue weighted by Gasteiger charge is 2.08. The van der Waals surface area contributed by atoms with Gasteiger partial charge in [0.25, 0.3) is 0 Å². The lowest BCUT2D eigenvalue weighted by Gasteiger charge is -2.08. The van der Waals surface area contributed by atoms with Crippen molar-refractivity contribution in [1.82, 2.24) is 9.97 Å². The average molecular weight is 283 g/mol. The molecule has 0 amide bonds. The molecule has 0 atom stereocenters. The molecule has 0 aliphatic carbocycles. The summed E-state index contributed by atoms with van der Waals surface area (Å²) in [5.74, 6) is 1.87. The molecule has 0 N–H and O–H groups in total. The summed E-state index contributed by atoms with van der Waals surface area (Å²) in [6, 6.07) is 8.68. The van der Waals surface area contributed by atoms with Crippen molar-refractivity contribution in [3.05, 3.63) is 46.3 Å². The molecule has 0 bridgehead atoms. The Bertz CT molecular complexity index is 558. The van der Waals surface area contributed by atoms with E-state index in [1.165, 1.54) is 0 Å². The van der Waals surface area contributed by atoms with Crippen LogP contribution in [0.4, 0.5) is 0 Å². The molecule has 0 unspecified atom stereocenters. The Hall–Kier alpha value is -1.32. The fourth-order valence-electron chi connectivity index (χ4n) is 1.38. The van der Waals surface area contributed by atoms with E-state index in [1.807, 2.05) is 19.9 Å². The van der Waals surface area contributed by atoms with E-state index in [1.54, 1.807) is 24.3 Å². The fourth-order valence-corrected chi connectivity index (χ4v) is 1.74. The maximum Gasteiger partial charge on any atom is 0.224 e. The van der Waals surface area contributed by atoms with Gasteiger partial charge in [0.05, 0.1) is 0 Å². The van der Waals surface area contributed by atoms with Crippen molar-refractivity contribution in [2.75, 3.05) is 0 Å². The van der Waals surface area contributed by atoms with Gasteiger partial charge >= 0.3 is 0 Å². The number of hydrogen-bond donors (Lipinski definition) is 0. The number of aromatic nitrogens is 2. The van der Waals surface area contributed by atoms with Gasteiger partial charge in [-0.1, -0.05) is 43.1 Å². The Kier molecular flexibility index (Phi) is 4.04. The molecule has 0 fully saturated rings. The summed E-state index contributed by atoms with van der Waals surface area (Å²) >= 11 is 11.8. The fraction of sp³-hybridized carbons (Fsp3) is 0.231. The lowest BCUT2D eigenvalue weighted by molar-refractivity contribution is 0.457. The van der Waals surface area contributed by atoms with Crippen LogP contribution < -0.4 is 4.74 Å². The topological polar surface area (TPSA) is 35.0 Å². The second-order valence-corrected chi connectivity index (χ2v) is 4.92. The van der Waals surface area contributed by atoms with Crippen LogP contribution in [-0.4, -0.2) is 9.97 Å². The lowest BCUT2D eigenvalue weighted by atomic mass is 10.2. The molecular formula is C13H12Cl2N2O. The first-order valence-electron chi connectivity index (χ1n) is 5.52. The van der Waals surface area contributed by atoms with Crippen molar-refractivity contribution in [2.45, 2.75) is 19.8 Å². The molecule has 0 aliphatic rings. The number of hydrogen-bond acceptors (Lipinski definition) is 3. The van der Waals surface area contributed by atoms with Gasteiger partial charge in [0, 0.05) is 17.0 Å². The van der Waals surface area contributed by atoms with Crippen LogP contribution in [0.15, 0.2) is 30.3 Å². The number of benzene rings is 1. The number of nitrogens with zero attached hydrogens (tertiary/aromatic N) is 2. The molecular weight excluding hydrogens is 271 g/mol. The molecule has 0 radical (unpaired) electrons.